The van der Waals surface area contributed by atoms with E-state index in [0.717, 1.165) is 22.3 Å². The molecular weight excluding hydrogens is 294 g/mol. The highest BCUT2D eigenvalue weighted by molar-refractivity contribution is 9.10. The summed E-state index contributed by atoms with van der Waals surface area (Å²) >= 11 is 3.49. The predicted molar refractivity (Wildman–Crippen MR) is 78.3 cm³/mol. The van der Waals surface area contributed by atoms with Crippen molar-refractivity contribution in [3.05, 3.63) is 28.2 Å². The molecule has 100 valence electrons. The summed E-state index contributed by atoms with van der Waals surface area (Å²) < 4.78 is 0.959. The van der Waals surface area contributed by atoms with Gasteiger partial charge in [-0.3, -0.25) is 4.79 Å². The minimum Gasteiger partial charge on any atom is -0.368 e. The van der Waals surface area contributed by atoms with Crippen molar-refractivity contribution in [3.63, 3.8) is 0 Å². The summed E-state index contributed by atoms with van der Waals surface area (Å²) in [5.74, 6) is 0.131. The zero-order valence-corrected chi connectivity index (χ0v) is 12.4. The molecule has 0 atom stereocenters. The van der Waals surface area contributed by atoms with Gasteiger partial charge in [-0.05, 0) is 23.6 Å². The zero-order valence-electron chi connectivity index (χ0n) is 10.8. The SMILES string of the molecule is CC(C)CN(CC(N)=O)c1ccc(CN)c(Br)c1. The molecule has 0 spiro atoms. The molecule has 0 fully saturated rings. The number of carbonyl (C=O) groups excluding carboxylic acids is 1. The van der Waals surface area contributed by atoms with Crippen molar-refractivity contribution < 1.29 is 4.79 Å². The second-order valence-electron chi connectivity index (χ2n) is 4.72. The molecule has 1 aromatic carbocycles. The first kappa shape index (κ1) is 15.0. The van der Waals surface area contributed by atoms with Gasteiger partial charge < -0.3 is 16.4 Å². The van der Waals surface area contributed by atoms with E-state index in [-0.39, 0.29) is 12.5 Å². The Balaban J connectivity index is 2.97. The number of amides is 1. The van der Waals surface area contributed by atoms with Crippen molar-refractivity contribution in [2.75, 3.05) is 18.0 Å². The van der Waals surface area contributed by atoms with Crippen LogP contribution in [0.4, 0.5) is 5.69 Å². The lowest BCUT2D eigenvalue weighted by molar-refractivity contribution is -0.116. The molecule has 18 heavy (non-hydrogen) atoms. The number of nitrogens with zero attached hydrogens (tertiary/aromatic N) is 1. The molecule has 0 aliphatic heterocycles. The molecule has 1 amide bonds. The van der Waals surface area contributed by atoms with Crippen LogP contribution in [0.25, 0.3) is 0 Å². The molecule has 4 N–H and O–H groups in total. The van der Waals surface area contributed by atoms with Crippen LogP contribution in [0, 0.1) is 5.92 Å². The van der Waals surface area contributed by atoms with E-state index in [0.29, 0.717) is 12.5 Å². The fourth-order valence-electron chi connectivity index (χ4n) is 1.79. The minimum atomic E-state index is -0.324. The Morgan fingerprint density at radius 1 is 1.44 bits per heavy atom. The van der Waals surface area contributed by atoms with Gasteiger partial charge in [0.2, 0.25) is 5.91 Å². The monoisotopic (exact) mass is 313 g/mol. The molecule has 0 aliphatic rings. The maximum Gasteiger partial charge on any atom is 0.236 e. The fraction of sp³-hybridized carbons (Fsp3) is 0.462. The van der Waals surface area contributed by atoms with Crippen LogP contribution in [-0.4, -0.2) is 19.0 Å². The van der Waals surface area contributed by atoms with Crippen LogP contribution in [0.1, 0.15) is 19.4 Å². The second-order valence-corrected chi connectivity index (χ2v) is 5.57. The van der Waals surface area contributed by atoms with E-state index >= 15 is 0 Å². The maximum atomic E-state index is 11.1. The van der Waals surface area contributed by atoms with Crippen molar-refractivity contribution in [1.29, 1.82) is 0 Å². The molecule has 0 heterocycles. The van der Waals surface area contributed by atoms with E-state index in [1.54, 1.807) is 0 Å². The third kappa shape index (κ3) is 4.31. The molecular formula is C13H20BrN3O. The number of anilines is 1. The van der Waals surface area contributed by atoms with Gasteiger partial charge in [0.1, 0.15) is 0 Å². The Bertz CT molecular complexity index is 421. The highest BCUT2D eigenvalue weighted by Crippen LogP contribution is 2.24. The molecule has 0 saturated heterocycles. The molecule has 4 nitrogen and oxygen atoms in total. The van der Waals surface area contributed by atoms with Gasteiger partial charge in [0.15, 0.2) is 0 Å². The topological polar surface area (TPSA) is 72.3 Å². The van der Waals surface area contributed by atoms with Crippen LogP contribution in [0.2, 0.25) is 0 Å². The predicted octanol–water partition coefficient (Wildman–Crippen LogP) is 1.86. The first-order valence-electron chi connectivity index (χ1n) is 5.95. The molecule has 0 aliphatic carbocycles. The largest absolute Gasteiger partial charge is 0.368 e. The lowest BCUT2D eigenvalue weighted by Gasteiger charge is -2.25. The Kier molecular flexibility index (Phi) is 5.62. The van der Waals surface area contributed by atoms with Gasteiger partial charge in [-0.15, -0.1) is 0 Å². The van der Waals surface area contributed by atoms with E-state index in [1.807, 2.05) is 23.1 Å². The number of carbonyl (C=O) groups is 1. The van der Waals surface area contributed by atoms with E-state index in [1.165, 1.54) is 0 Å². The van der Waals surface area contributed by atoms with Gasteiger partial charge in [0, 0.05) is 23.2 Å². The number of hydrogen-bond acceptors (Lipinski definition) is 3. The average Bonchev–Trinajstić information content (AvgIpc) is 2.26. The fourth-order valence-corrected chi connectivity index (χ4v) is 2.32. The highest BCUT2D eigenvalue weighted by Gasteiger charge is 2.12. The van der Waals surface area contributed by atoms with Crippen LogP contribution in [-0.2, 0) is 11.3 Å². The van der Waals surface area contributed by atoms with Gasteiger partial charge in [0.25, 0.3) is 0 Å². The standard InChI is InChI=1S/C13H20BrN3O/c1-9(2)7-17(8-13(16)18)11-4-3-10(6-15)12(14)5-11/h3-5,9H,6-8,15H2,1-2H3,(H2,16,18). The third-order valence-electron chi connectivity index (χ3n) is 2.55. The van der Waals surface area contributed by atoms with Crippen LogP contribution < -0.4 is 16.4 Å². The minimum absolute atomic E-state index is 0.229. The number of nitrogens with two attached hydrogens (primary N) is 2. The Labute approximate surface area is 116 Å². The van der Waals surface area contributed by atoms with Crippen molar-refractivity contribution in [3.8, 4) is 0 Å². The van der Waals surface area contributed by atoms with Crippen molar-refractivity contribution >= 4 is 27.5 Å². The summed E-state index contributed by atoms with van der Waals surface area (Å²) in [5.41, 5.74) is 12.9. The first-order chi connectivity index (χ1) is 8.43. The summed E-state index contributed by atoms with van der Waals surface area (Å²) in [6.45, 7) is 5.72. The zero-order chi connectivity index (χ0) is 13.7. The van der Waals surface area contributed by atoms with E-state index in [2.05, 4.69) is 29.8 Å². The Hall–Kier alpha value is -1.07. The second kappa shape index (κ2) is 6.75. The van der Waals surface area contributed by atoms with E-state index in [4.69, 9.17) is 11.5 Å². The number of benzene rings is 1. The molecule has 0 saturated carbocycles. The number of primary amides is 1. The summed E-state index contributed by atoms with van der Waals surface area (Å²) in [4.78, 5) is 13.1. The highest BCUT2D eigenvalue weighted by atomic mass is 79.9. The lowest BCUT2D eigenvalue weighted by Crippen LogP contribution is -2.36. The molecule has 0 radical (unpaired) electrons. The Morgan fingerprint density at radius 2 is 2.11 bits per heavy atom. The van der Waals surface area contributed by atoms with Gasteiger partial charge in [-0.2, -0.15) is 0 Å². The van der Waals surface area contributed by atoms with Crippen molar-refractivity contribution in [1.82, 2.24) is 0 Å². The van der Waals surface area contributed by atoms with Gasteiger partial charge in [-0.25, -0.2) is 0 Å². The molecule has 1 aromatic rings. The summed E-state index contributed by atoms with van der Waals surface area (Å²) in [6, 6.07) is 5.92. The van der Waals surface area contributed by atoms with Crippen molar-refractivity contribution in [2.45, 2.75) is 20.4 Å². The summed E-state index contributed by atoms with van der Waals surface area (Å²) in [5, 5.41) is 0. The molecule has 5 heteroatoms. The van der Waals surface area contributed by atoms with Crippen LogP contribution in [0.3, 0.4) is 0 Å². The molecule has 0 bridgehead atoms. The normalized spacial score (nSPS) is 10.7. The quantitative estimate of drug-likeness (QED) is 0.842. The van der Waals surface area contributed by atoms with Gasteiger partial charge >= 0.3 is 0 Å². The Morgan fingerprint density at radius 3 is 2.56 bits per heavy atom. The third-order valence-corrected chi connectivity index (χ3v) is 3.29. The van der Waals surface area contributed by atoms with Crippen LogP contribution in [0.5, 0.6) is 0 Å². The molecule has 0 aromatic heterocycles. The van der Waals surface area contributed by atoms with Crippen molar-refractivity contribution in [2.24, 2.45) is 17.4 Å². The van der Waals surface area contributed by atoms with Crippen LogP contribution >= 0.6 is 15.9 Å². The molecule has 0 unspecified atom stereocenters. The van der Waals surface area contributed by atoms with Crippen LogP contribution in [0.15, 0.2) is 22.7 Å². The number of halogens is 1. The smallest absolute Gasteiger partial charge is 0.236 e. The maximum absolute atomic E-state index is 11.1. The molecule has 1 rings (SSSR count). The van der Waals surface area contributed by atoms with E-state index < -0.39 is 0 Å². The van der Waals surface area contributed by atoms with Gasteiger partial charge in [-0.1, -0.05) is 35.8 Å². The summed E-state index contributed by atoms with van der Waals surface area (Å²) in [7, 11) is 0. The lowest BCUT2D eigenvalue weighted by atomic mass is 10.1. The number of hydrogen-bond donors (Lipinski definition) is 2. The van der Waals surface area contributed by atoms with Gasteiger partial charge in [0.05, 0.1) is 6.54 Å². The number of rotatable bonds is 6. The average molecular weight is 314 g/mol. The van der Waals surface area contributed by atoms with E-state index in [9.17, 15) is 4.79 Å². The first-order valence-corrected chi connectivity index (χ1v) is 6.75. The summed E-state index contributed by atoms with van der Waals surface area (Å²) in [6.07, 6.45) is 0.